The first-order valence-electron chi connectivity index (χ1n) is 8.12. The van der Waals surface area contributed by atoms with Crippen molar-refractivity contribution in [1.29, 1.82) is 5.26 Å². The quantitative estimate of drug-likeness (QED) is 0.389. The summed E-state index contributed by atoms with van der Waals surface area (Å²) in [6, 6.07) is 5.31. The minimum Gasteiger partial charge on any atom is -0.465 e. The maximum absolute atomic E-state index is 12.7. The van der Waals surface area contributed by atoms with Gasteiger partial charge in [-0.2, -0.15) is 10.4 Å². The molecule has 1 aromatic carbocycles. The van der Waals surface area contributed by atoms with Crippen molar-refractivity contribution < 1.29 is 27.5 Å². The number of anilines is 1. The Labute approximate surface area is 163 Å². The van der Waals surface area contributed by atoms with E-state index in [4.69, 9.17) is 5.26 Å². The van der Waals surface area contributed by atoms with Crippen LogP contribution in [0.2, 0.25) is 0 Å². The molecule has 10 nitrogen and oxygen atoms in total. The summed E-state index contributed by atoms with van der Waals surface area (Å²) in [6.45, 7) is 6.58. The molecule has 0 saturated heterocycles. The summed E-state index contributed by atoms with van der Waals surface area (Å²) in [5.41, 5.74) is 1.01. The molecule has 152 valence electrons. The van der Waals surface area contributed by atoms with Gasteiger partial charge in [-0.25, -0.2) is 22.7 Å². The number of benzene rings is 1. The summed E-state index contributed by atoms with van der Waals surface area (Å²) in [6.07, 6.45) is 0. The molecule has 28 heavy (non-hydrogen) atoms. The molecule has 0 saturated carbocycles. The second kappa shape index (κ2) is 9.29. The molecule has 0 unspecified atom stereocenters. The zero-order valence-electron chi connectivity index (χ0n) is 16.2. The molecule has 0 radical (unpaired) electrons. The van der Waals surface area contributed by atoms with Gasteiger partial charge in [0.2, 0.25) is 15.7 Å². The van der Waals surface area contributed by atoms with Crippen LogP contribution < -0.4 is 10.1 Å². The van der Waals surface area contributed by atoms with E-state index in [-0.39, 0.29) is 22.8 Å². The molecule has 0 bridgehead atoms. The van der Waals surface area contributed by atoms with Crippen molar-refractivity contribution in [2.75, 3.05) is 19.1 Å². The van der Waals surface area contributed by atoms with Crippen molar-refractivity contribution in [3.05, 3.63) is 23.8 Å². The number of carbonyl (C=O) groups is 2. The topological polar surface area (TPSA) is 147 Å². The van der Waals surface area contributed by atoms with Crippen LogP contribution in [0.3, 0.4) is 0 Å². The van der Waals surface area contributed by atoms with E-state index < -0.39 is 33.2 Å². The van der Waals surface area contributed by atoms with Gasteiger partial charge in [0.25, 0.3) is 0 Å². The molecule has 0 aliphatic rings. The van der Waals surface area contributed by atoms with Gasteiger partial charge in [-0.15, -0.1) is 0 Å². The van der Waals surface area contributed by atoms with E-state index in [2.05, 4.69) is 24.7 Å². The molecule has 0 heterocycles. The second-order valence-electron chi connectivity index (χ2n) is 6.46. The number of carbonyl (C=O) groups excluding carboxylic acids is 2. The van der Waals surface area contributed by atoms with Crippen molar-refractivity contribution >= 4 is 33.4 Å². The minimum atomic E-state index is -4.09. The second-order valence-corrected chi connectivity index (χ2v) is 8.11. The lowest BCUT2D eigenvalue weighted by molar-refractivity contribution is -0.134. The molecule has 0 spiro atoms. The van der Waals surface area contributed by atoms with Gasteiger partial charge < -0.3 is 9.47 Å². The van der Waals surface area contributed by atoms with E-state index in [0.29, 0.717) is 0 Å². The van der Waals surface area contributed by atoms with Crippen LogP contribution in [0.15, 0.2) is 28.2 Å². The number of ether oxygens (including phenoxy) is 2. The predicted molar refractivity (Wildman–Crippen MR) is 101 cm³/mol. The molecule has 0 aromatic heterocycles. The molecule has 2 N–H and O–H groups in total. The maximum atomic E-state index is 12.7. The lowest BCUT2D eigenvalue weighted by Gasteiger charge is -2.21. The van der Waals surface area contributed by atoms with Gasteiger partial charge in [-0.05, 0) is 45.9 Å². The zero-order valence-corrected chi connectivity index (χ0v) is 17.0. The van der Waals surface area contributed by atoms with E-state index in [9.17, 15) is 18.0 Å². The number of hydrogen-bond donors (Lipinski definition) is 2. The Morgan fingerprint density at radius 1 is 1.29 bits per heavy atom. The van der Waals surface area contributed by atoms with Crippen molar-refractivity contribution in [1.82, 2.24) is 4.72 Å². The number of esters is 2. The number of methoxy groups -OCH3 is 1. The fourth-order valence-corrected chi connectivity index (χ4v) is 3.63. The number of hydrogen-bond acceptors (Lipinski definition) is 9. The molecule has 0 aliphatic heterocycles. The summed E-state index contributed by atoms with van der Waals surface area (Å²) >= 11 is 0. The standard InChI is InChI=1S/C17H22N4O6S/c1-6-27-16(23)13(10-18)20-19-11-7-8-12(15(22)26-5)14(9-11)28(24,25)21-17(2,3)4/h7-9,19,21H,6H2,1-5H3/b20-13-. The molecular weight excluding hydrogens is 388 g/mol. The van der Waals surface area contributed by atoms with Gasteiger partial charge in [0.15, 0.2) is 0 Å². The highest BCUT2D eigenvalue weighted by Gasteiger charge is 2.27. The molecule has 11 heteroatoms. The van der Waals surface area contributed by atoms with Crippen LogP contribution in [0.4, 0.5) is 5.69 Å². The molecule has 0 aliphatic carbocycles. The smallest absolute Gasteiger partial charge is 0.369 e. The lowest BCUT2D eigenvalue weighted by Crippen LogP contribution is -2.41. The normalized spacial score (nSPS) is 12.1. The summed E-state index contributed by atoms with van der Waals surface area (Å²) in [7, 11) is -2.96. The first kappa shape index (κ1) is 23.1. The van der Waals surface area contributed by atoms with Crippen LogP contribution in [0.25, 0.3) is 0 Å². The first-order chi connectivity index (χ1) is 12.9. The Morgan fingerprint density at radius 2 is 1.93 bits per heavy atom. The monoisotopic (exact) mass is 410 g/mol. The lowest BCUT2D eigenvalue weighted by atomic mass is 10.1. The number of nitrogens with one attached hydrogen (secondary N) is 2. The number of rotatable bonds is 7. The highest BCUT2D eigenvalue weighted by atomic mass is 32.2. The molecule has 0 atom stereocenters. The largest absolute Gasteiger partial charge is 0.465 e. The summed E-state index contributed by atoms with van der Waals surface area (Å²) in [4.78, 5) is 23.2. The fraction of sp³-hybridized carbons (Fsp3) is 0.412. The van der Waals surface area contributed by atoms with Crippen LogP contribution in [-0.2, 0) is 24.3 Å². The van der Waals surface area contributed by atoms with Crippen LogP contribution in [0.1, 0.15) is 38.1 Å². The minimum absolute atomic E-state index is 0.0637. The molecule has 0 fully saturated rings. The van der Waals surface area contributed by atoms with Gasteiger partial charge >= 0.3 is 11.9 Å². The number of nitrogens with zero attached hydrogens (tertiary/aromatic N) is 2. The Morgan fingerprint density at radius 3 is 2.43 bits per heavy atom. The van der Waals surface area contributed by atoms with Gasteiger partial charge in [0.05, 0.1) is 29.9 Å². The third-order valence-electron chi connectivity index (χ3n) is 2.99. The van der Waals surface area contributed by atoms with Crippen molar-refractivity contribution in [3.8, 4) is 6.07 Å². The van der Waals surface area contributed by atoms with Gasteiger partial charge in [0.1, 0.15) is 6.07 Å². The molecule has 0 amide bonds. The van der Waals surface area contributed by atoms with Crippen LogP contribution in [-0.4, -0.2) is 45.3 Å². The average molecular weight is 410 g/mol. The van der Waals surface area contributed by atoms with E-state index in [1.54, 1.807) is 33.8 Å². The number of sulfonamides is 1. The van der Waals surface area contributed by atoms with Gasteiger partial charge in [-0.3, -0.25) is 5.43 Å². The summed E-state index contributed by atoms with van der Waals surface area (Å²) in [5, 5.41) is 12.6. The third-order valence-corrected chi connectivity index (χ3v) is 4.79. The third kappa shape index (κ3) is 6.33. The highest BCUT2D eigenvalue weighted by Crippen LogP contribution is 2.23. The average Bonchev–Trinajstić information content (AvgIpc) is 2.59. The van der Waals surface area contributed by atoms with E-state index >= 15 is 0 Å². The molecule has 1 rings (SSSR count). The summed E-state index contributed by atoms with van der Waals surface area (Å²) in [5.74, 6) is -1.76. The van der Waals surface area contributed by atoms with Crippen LogP contribution in [0.5, 0.6) is 0 Å². The SMILES string of the molecule is CCOC(=O)/C(C#N)=N\Nc1ccc(C(=O)OC)c(S(=O)(=O)NC(C)(C)C)c1. The number of nitriles is 1. The highest BCUT2D eigenvalue weighted by molar-refractivity contribution is 7.89. The zero-order chi connectivity index (χ0) is 21.5. The Hall–Kier alpha value is -2.97. The van der Waals surface area contributed by atoms with E-state index in [1.807, 2.05) is 0 Å². The summed E-state index contributed by atoms with van der Waals surface area (Å²) < 4.78 is 37.2. The Kier molecular flexibility index (Phi) is 7.66. The number of hydrazone groups is 1. The van der Waals surface area contributed by atoms with E-state index in [0.717, 1.165) is 13.2 Å². The predicted octanol–water partition coefficient (Wildman–Crippen LogP) is 1.40. The van der Waals surface area contributed by atoms with Gasteiger partial charge in [0, 0.05) is 5.54 Å². The van der Waals surface area contributed by atoms with Crippen molar-refractivity contribution in [2.45, 2.75) is 38.1 Å². The van der Waals surface area contributed by atoms with Crippen molar-refractivity contribution in [2.24, 2.45) is 5.10 Å². The molecule has 1 aromatic rings. The first-order valence-corrected chi connectivity index (χ1v) is 9.60. The van der Waals surface area contributed by atoms with Crippen LogP contribution in [0, 0.1) is 11.3 Å². The van der Waals surface area contributed by atoms with Crippen molar-refractivity contribution in [3.63, 3.8) is 0 Å². The Bertz CT molecular complexity index is 926. The molecular formula is C17H22N4O6S. The maximum Gasteiger partial charge on any atom is 0.369 e. The van der Waals surface area contributed by atoms with Gasteiger partial charge in [-0.1, -0.05) is 0 Å². The van der Waals surface area contributed by atoms with E-state index in [1.165, 1.54) is 12.1 Å². The fourth-order valence-electron chi connectivity index (χ4n) is 1.99. The Balaban J connectivity index is 3.38. The van der Waals surface area contributed by atoms with Crippen LogP contribution >= 0.6 is 0 Å².